The van der Waals surface area contributed by atoms with Crippen LogP contribution in [-0.2, 0) is 75.1 Å². The van der Waals surface area contributed by atoms with Crippen molar-refractivity contribution in [3.63, 3.8) is 0 Å². The Morgan fingerprint density at radius 3 is 2.12 bits per heavy atom. The molecule has 3 saturated heterocycles. The lowest BCUT2D eigenvalue weighted by molar-refractivity contribution is -0.351. The molecule has 3 unspecified atom stereocenters. The summed E-state index contributed by atoms with van der Waals surface area (Å²) in [6.45, 7) is 3.24. The Bertz CT molecular complexity index is 2020. The van der Waals surface area contributed by atoms with E-state index in [0.29, 0.717) is 12.8 Å². The van der Waals surface area contributed by atoms with Crippen LogP contribution in [0, 0.1) is 0 Å². The lowest BCUT2D eigenvalue weighted by Gasteiger charge is -2.49. The number of nitrogens with one attached hydrogen (secondary N) is 3. The van der Waals surface area contributed by atoms with Crippen LogP contribution in [0.25, 0.3) is 0 Å². The third-order valence-electron chi connectivity index (χ3n) is 11.8. The van der Waals surface area contributed by atoms with Crippen molar-refractivity contribution in [3.8, 4) is 0 Å². The molecule has 1 saturated carbocycles. The molecule has 7 rings (SSSR count). The van der Waals surface area contributed by atoms with Crippen molar-refractivity contribution in [2.24, 2.45) is 5.73 Å². The summed E-state index contributed by atoms with van der Waals surface area (Å²) in [6, 6.07) is 24.4. The molecular formula is C47H58N4O13. The number of primary amides is 1. The molecule has 1 spiro atoms. The topological polar surface area (TPSA) is 221 Å². The zero-order valence-corrected chi connectivity index (χ0v) is 36.1. The van der Waals surface area contributed by atoms with Crippen LogP contribution in [0.3, 0.4) is 0 Å². The molecule has 10 atom stereocenters. The highest BCUT2D eigenvalue weighted by molar-refractivity contribution is 5.92. The number of esters is 1. The Morgan fingerprint density at radius 1 is 0.797 bits per heavy atom. The number of fused-ring (bicyclic) bond motifs is 1. The molecular weight excluding hydrogens is 829 g/mol. The predicted octanol–water partition coefficient (Wildman–Crippen LogP) is 3.38. The van der Waals surface area contributed by atoms with Gasteiger partial charge in [-0.1, -0.05) is 97.4 Å². The van der Waals surface area contributed by atoms with Gasteiger partial charge in [0.25, 0.3) is 5.91 Å². The van der Waals surface area contributed by atoms with Crippen LogP contribution in [0.4, 0.5) is 0 Å². The summed E-state index contributed by atoms with van der Waals surface area (Å²) in [7, 11) is 0. The third-order valence-corrected chi connectivity index (χ3v) is 11.8. The van der Waals surface area contributed by atoms with Crippen molar-refractivity contribution >= 4 is 29.6 Å². The molecule has 3 aliphatic heterocycles. The first kappa shape index (κ1) is 46.7. The third kappa shape index (κ3) is 12.3. The Balaban J connectivity index is 1.05. The number of hydrogen-bond donors (Lipinski definition) is 4. The van der Waals surface area contributed by atoms with Gasteiger partial charge in [0.15, 0.2) is 24.5 Å². The molecule has 17 nitrogen and oxygen atoms in total. The Kier molecular flexibility index (Phi) is 16.1. The molecule has 4 aliphatic rings. The first-order valence-electron chi connectivity index (χ1n) is 22.0. The molecule has 64 heavy (non-hydrogen) atoms. The van der Waals surface area contributed by atoms with Gasteiger partial charge in [0, 0.05) is 24.8 Å². The first-order valence-corrected chi connectivity index (χ1v) is 22.0. The normalized spacial score (nSPS) is 26.4. The Morgan fingerprint density at radius 2 is 1.45 bits per heavy atom. The van der Waals surface area contributed by atoms with E-state index in [0.717, 1.165) is 36.0 Å². The average molecular weight is 887 g/mol. The van der Waals surface area contributed by atoms with Gasteiger partial charge >= 0.3 is 5.97 Å². The van der Waals surface area contributed by atoms with E-state index in [9.17, 15) is 24.0 Å². The second-order valence-electron chi connectivity index (χ2n) is 16.6. The quantitative estimate of drug-likeness (QED) is 0.135. The van der Waals surface area contributed by atoms with Crippen LogP contribution >= 0.6 is 0 Å². The lowest BCUT2D eigenvalue weighted by atomic mass is 9.94. The summed E-state index contributed by atoms with van der Waals surface area (Å²) in [5.41, 5.74) is 7.96. The van der Waals surface area contributed by atoms with Gasteiger partial charge in [0.1, 0.15) is 49.1 Å². The van der Waals surface area contributed by atoms with Crippen LogP contribution in [-0.4, -0.2) is 104 Å². The molecule has 4 fully saturated rings. The number of carbonyl (C=O) groups excluding carboxylic acids is 5. The van der Waals surface area contributed by atoms with Crippen molar-refractivity contribution in [3.05, 3.63) is 108 Å². The van der Waals surface area contributed by atoms with Crippen LogP contribution in [0.1, 0.15) is 81.8 Å². The minimum atomic E-state index is -1.24. The van der Waals surface area contributed by atoms with E-state index in [1.807, 2.05) is 91.0 Å². The summed E-state index contributed by atoms with van der Waals surface area (Å²) < 4.78 is 49.9. The van der Waals surface area contributed by atoms with Gasteiger partial charge in [-0.15, -0.1) is 0 Å². The first-order chi connectivity index (χ1) is 31.0. The number of hydrogen-bond acceptors (Lipinski definition) is 13. The zero-order valence-electron chi connectivity index (χ0n) is 36.1. The van der Waals surface area contributed by atoms with Crippen LogP contribution < -0.4 is 21.7 Å². The fraction of sp³-hybridized carbons (Fsp3) is 0.511. The second kappa shape index (κ2) is 22.1. The fourth-order valence-electron chi connectivity index (χ4n) is 8.20. The summed E-state index contributed by atoms with van der Waals surface area (Å²) >= 11 is 0. The van der Waals surface area contributed by atoms with Gasteiger partial charge in [0.2, 0.25) is 17.7 Å². The Labute approximate surface area is 372 Å². The monoisotopic (exact) mass is 886 g/mol. The van der Waals surface area contributed by atoms with Crippen molar-refractivity contribution in [1.82, 2.24) is 16.0 Å². The van der Waals surface area contributed by atoms with Gasteiger partial charge < -0.3 is 59.6 Å². The van der Waals surface area contributed by atoms with Crippen LogP contribution in [0.2, 0.25) is 0 Å². The zero-order chi connectivity index (χ0) is 45.1. The maximum Gasteiger partial charge on any atom is 0.306 e. The number of amides is 4. The highest BCUT2D eigenvalue weighted by Crippen LogP contribution is 2.39. The van der Waals surface area contributed by atoms with Crippen molar-refractivity contribution in [2.75, 3.05) is 13.2 Å². The van der Waals surface area contributed by atoms with Crippen LogP contribution in [0.15, 0.2) is 91.0 Å². The molecule has 5 N–H and O–H groups in total. The smallest absolute Gasteiger partial charge is 0.306 e. The highest BCUT2D eigenvalue weighted by Gasteiger charge is 2.54. The second-order valence-corrected chi connectivity index (χ2v) is 16.6. The molecule has 1 aliphatic carbocycles. The molecule has 344 valence electrons. The van der Waals surface area contributed by atoms with E-state index in [4.69, 9.17) is 43.6 Å². The molecule has 0 bridgehead atoms. The standard InChI is InChI=1S/C47H58N4O13/c1-29(42(54)50-34(41(48)53)21-22-37(52)57-25-31-15-7-3-8-16-31)49-43(55)30(2)61-40-38(51-44(56)36-28-60-47(64-36)23-13-6-14-24-47)46(58-26-32-17-9-4-10-18-32)62-35-27-59-45(63-39(35)40)33-19-11-5-12-20-33/h3-5,7-12,15-20,29-30,34-36,38-40,45-46H,6,13-14,21-28H2,1-2H3,(H2,48,53)(H,49,55)(H,50,54)(H,51,56)/t29-,30+,34?,35+,36?,38+,39+,40+,45?,46-/m0/s1. The molecule has 3 heterocycles. The number of rotatable bonds is 18. The van der Waals surface area contributed by atoms with Crippen LogP contribution in [0.5, 0.6) is 0 Å². The molecule has 4 amide bonds. The number of carbonyl (C=O) groups is 5. The van der Waals surface area contributed by atoms with E-state index in [-0.39, 0.29) is 39.3 Å². The summed E-state index contributed by atoms with van der Waals surface area (Å²) in [5, 5.41) is 8.23. The highest BCUT2D eigenvalue weighted by atomic mass is 16.8. The SMILES string of the molecule is C[C@H](NC(=O)[C@@H](C)O[C@@H]1[C@@H](NC(=O)C2COC3(CCCCC3)O2)[C@@H](OCc2ccccc2)O[C@@H]2COC(c3ccccc3)O[C@@H]12)C(=O)NC(CCC(=O)OCc1ccccc1)C(N)=O. The number of benzene rings is 3. The largest absolute Gasteiger partial charge is 0.461 e. The van der Waals surface area contributed by atoms with Gasteiger partial charge in [0.05, 0.1) is 19.8 Å². The van der Waals surface area contributed by atoms with Crippen molar-refractivity contribution in [2.45, 2.75) is 139 Å². The maximum atomic E-state index is 14.2. The van der Waals surface area contributed by atoms with Crippen molar-refractivity contribution < 1.29 is 61.9 Å². The molecule has 3 aromatic carbocycles. The van der Waals surface area contributed by atoms with E-state index in [2.05, 4.69) is 16.0 Å². The van der Waals surface area contributed by atoms with Gasteiger partial charge in [-0.25, -0.2) is 0 Å². The molecule has 0 radical (unpaired) electrons. The van der Waals surface area contributed by atoms with E-state index >= 15 is 0 Å². The van der Waals surface area contributed by atoms with E-state index < -0.39 is 96.6 Å². The lowest BCUT2D eigenvalue weighted by Crippen LogP contribution is -2.69. The minimum absolute atomic E-state index is 0.0540. The Hall–Kier alpha value is -5.27. The molecule has 17 heteroatoms. The van der Waals surface area contributed by atoms with E-state index in [1.54, 1.807) is 0 Å². The predicted molar refractivity (Wildman–Crippen MR) is 227 cm³/mol. The summed E-state index contributed by atoms with van der Waals surface area (Å²) in [4.78, 5) is 66.1. The van der Waals surface area contributed by atoms with Gasteiger partial charge in [-0.2, -0.15) is 0 Å². The van der Waals surface area contributed by atoms with Gasteiger partial charge in [-0.05, 0) is 44.2 Å². The fourth-order valence-corrected chi connectivity index (χ4v) is 8.20. The average Bonchev–Trinajstić information content (AvgIpc) is 3.73. The molecule has 0 aromatic heterocycles. The van der Waals surface area contributed by atoms with Gasteiger partial charge in [-0.3, -0.25) is 24.0 Å². The number of ether oxygens (including phenoxy) is 8. The summed E-state index contributed by atoms with van der Waals surface area (Å²) in [6.07, 6.45) is -2.83. The van der Waals surface area contributed by atoms with Crippen molar-refractivity contribution in [1.29, 1.82) is 0 Å². The maximum absolute atomic E-state index is 14.2. The minimum Gasteiger partial charge on any atom is -0.461 e. The molecule has 3 aromatic rings. The number of nitrogens with two attached hydrogens (primary N) is 1. The van der Waals surface area contributed by atoms with E-state index in [1.165, 1.54) is 13.8 Å². The summed E-state index contributed by atoms with van der Waals surface area (Å²) in [5.74, 6) is -4.13.